The molecule has 23 heavy (non-hydrogen) atoms. The molecule has 0 fully saturated rings. The second kappa shape index (κ2) is 6.39. The van der Waals surface area contributed by atoms with Gasteiger partial charge in [0.2, 0.25) is 10.9 Å². The van der Waals surface area contributed by atoms with Gasteiger partial charge in [0.05, 0.1) is 0 Å². The predicted molar refractivity (Wildman–Crippen MR) is 93.3 cm³/mol. The number of hydrogen-bond donors (Lipinski definition) is 2. The van der Waals surface area contributed by atoms with Gasteiger partial charge >= 0.3 is 0 Å². The molecule has 7 nitrogen and oxygen atoms in total. The Morgan fingerprint density at radius 2 is 2.04 bits per heavy atom. The zero-order valence-electron chi connectivity index (χ0n) is 12.5. The van der Waals surface area contributed by atoms with E-state index >= 15 is 0 Å². The van der Waals surface area contributed by atoms with Crippen LogP contribution in [0.1, 0.15) is 13.8 Å². The first kappa shape index (κ1) is 15.5. The van der Waals surface area contributed by atoms with Crippen LogP contribution in [-0.2, 0) is 4.79 Å². The van der Waals surface area contributed by atoms with Gasteiger partial charge in [-0.3, -0.25) is 4.79 Å². The van der Waals surface area contributed by atoms with Gasteiger partial charge in [-0.2, -0.15) is 9.61 Å². The Labute approximate surface area is 141 Å². The SMILES string of the molecule is CC(C)C(=O)NC(=S)Nc1ccc(-c2nn3cnnc3s2)cc1. The Morgan fingerprint density at radius 1 is 1.30 bits per heavy atom. The van der Waals surface area contributed by atoms with Gasteiger partial charge in [-0.15, -0.1) is 10.2 Å². The highest BCUT2D eigenvalue weighted by Gasteiger charge is 2.10. The van der Waals surface area contributed by atoms with Gasteiger partial charge in [0.15, 0.2) is 5.11 Å². The number of rotatable bonds is 3. The van der Waals surface area contributed by atoms with E-state index in [1.165, 1.54) is 11.3 Å². The Kier molecular flexibility index (Phi) is 4.30. The Bertz CT molecular complexity index is 823. The van der Waals surface area contributed by atoms with Crippen molar-refractivity contribution in [1.29, 1.82) is 0 Å². The Hall–Kier alpha value is -2.39. The summed E-state index contributed by atoms with van der Waals surface area (Å²) in [5, 5.41) is 18.9. The Morgan fingerprint density at radius 3 is 2.70 bits per heavy atom. The second-order valence-corrected chi connectivity index (χ2v) is 6.50. The number of amides is 1. The van der Waals surface area contributed by atoms with Crippen molar-refractivity contribution in [3.8, 4) is 10.6 Å². The standard InChI is InChI=1S/C14H14N6OS2/c1-8(2)11(21)17-13(22)16-10-5-3-9(4-6-10)12-19-20-7-15-18-14(20)23-12/h3-8H,1-2H3,(H2,16,17,21,22). The van der Waals surface area contributed by atoms with E-state index in [2.05, 4.69) is 25.9 Å². The molecule has 0 atom stereocenters. The number of hydrogen-bond acceptors (Lipinski definition) is 6. The van der Waals surface area contributed by atoms with Crippen LogP contribution in [0.4, 0.5) is 5.69 Å². The molecule has 0 radical (unpaired) electrons. The average Bonchev–Trinajstić information content (AvgIpc) is 3.09. The largest absolute Gasteiger partial charge is 0.332 e. The first-order valence-corrected chi connectivity index (χ1v) is 8.14. The Balaban J connectivity index is 1.68. The summed E-state index contributed by atoms with van der Waals surface area (Å²) in [5.41, 5.74) is 1.77. The summed E-state index contributed by atoms with van der Waals surface area (Å²) in [6.45, 7) is 3.63. The number of nitrogens with zero attached hydrogens (tertiary/aromatic N) is 4. The van der Waals surface area contributed by atoms with Crippen LogP contribution >= 0.6 is 23.6 Å². The lowest BCUT2D eigenvalue weighted by Gasteiger charge is -2.11. The van der Waals surface area contributed by atoms with Crippen LogP contribution in [0.2, 0.25) is 0 Å². The van der Waals surface area contributed by atoms with E-state index < -0.39 is 0 Å². The van der Waals surface area contributed by atoms with Crippen molar-refractivity contribution in [2.24, 2.45) is 5.92 Å². The van der Waals surface area contributed by atoms with Crippen molar-refractivity contribution in [2.45, 2.75) is 13.8 Å². The fourth-order valence-electron chi connectivity index (χ4n) is 1.79. The van der Waals surface area contributed by atoms with Gasteiger partial charge in [-0.1, -0.05) is 25.2 Å². The number of nitrogens with one attached hydrogen (secondary N) is 2. The fraction of sp³-hybridized carbons (Fsp3) is 0.214. The van der Waals surface area contributed by atoms with E-state index in [-0.39, 0.29) is 16.9 Å². The normalized spacial score (nSPS) is 10.9. The minimum absolute atomic E-state index is 0.112. The molecule has 3 aromatic rings. The van der Waals surface area contributed by atoms with Gasteiger partial charge in [0, 0.05) is 17.2 Å². The highest BCUT2D eigenvalue weighted by Crippen LogP contribution is 2.25. The summed E-state index contributed by atoms with van der Waals surface area (Å²) in [7, 11) is 0. The van der Waals surface area contributed by atoms with Gasteiger partial charge < -0.3 is 10.6 Å². The summed E-state index contributed by atoms with van der Waals surface area (Å²) in [6, 6.07) is 7.62. The molecule has 0 aliphatic carbocycles. The molecule has 1 amide bonds. The van der Waals surface area contributed by atoms with Gasteiger partial charge in [0.25, 0.3) is 0 Å². The van der Waals surface area contributed by atoms with Crippen molar-refractivity contribution in [3.63, 3.8) is 0 Å². The van der Waals surface area contributed by atoms with Gasteiger partial charge in [0.1, 0.15) is 11.3 Å². The van der Waals surface area contributed by atoms with Crippen LogP contribution in [-0.4, -0.2) is 30.8 Å². The molecule has 0 aliphatic rings. The lowest BCUT2D eigenvalue weighted by Crippen LogP contribution is -2.36. The average molecular weight is 346 g/mol. The molecule has 0 saturated carbocycles. The van der Waals surface area contributed by atoms with Crippen molar-refractivity contribution in [3.05, 3.63) is 30.6 Å². The van der Waals surface area contributed by atoms with E-state index in [9.17, 15) is 4.79 Å². The lowest BCUT2D eigenvalue weighted by molar-refractivity contribution is -0.122. The molecule has 2 heterocycles. The van der Waals surface area contributed by atoms with E-state index in [4.69, 9.17) is 12.2 Å². The zero-order valence-corrected chi connectivity index (χ0v) is 14.1. The first-order chi connectivity index (χ1) is 11.0. The summed E-state index contributed by atoms with van der Waals surface area (Å²) in [4.78, 5) is 12.3. The van der Waals surface area contributed by atoms with E-state index in [0.29, 0.717) is 0 Å². The third-order valence-corrected chi connectivity index (χ3v) is 4.20. The van der Waals surface area contributed by atoms with Crippen molar-refractivity contribution in [1.82, 2.24) is 25.1 Å². The molecular weight excluding hydrogens is 332 g/mol. The molecule has 9 heteroatoms. The number of carbonyl (C=O) groups excluding carboxylic acids is 1. The van der Waals surface area contributed by atoms with E-state index in [1.807, 2.05) is 38.1 Å². The molecule has 0 aliphatic heterocycles. The minimum Gasteiger partial charge on any atom is -0.332 e. The summed E-state index contributed by atoms with van der Waals surface area (Å²) in [6.07, 6.45) is 1.57. The summed E-state index contributed by atoms with van der Waals surface area (Å²) in [5.74, 6) is -0.228. The number of benzene rings is 1. The molecule has 0 bridgehead atoms. The van der Waals surface area contributed by atoms with Crippen molar-refractivity contribution in [2.75, 3.05) is 5.32 Å². The number of anilines is 1. The maximum absolute atomic E-state index is 11.6. The lowest BCUT2D eigenvalue weighted by atomic mass is 10.2. The maximum atomic E-state index is 11.6. The molecule has 0 spiro atoms. The van der Waals surface area contributed by atoms with E-state index in [0.717, 1.165) is 21.2 Å². The molecule has 0 saturated heterocycles. The molecule has 2 aromatic heterocycles. The van der Waals surface area contributed by atoms with Crippen LogP contribution in [0, 0.1) is 5.92 Å². The van der Waals surface area contributed by atoms with E-state index in [1.54, 1.807) is 10.8 Å². The molecule has 2 N–H and O–H groups in total. The number of thiocarbonyl (C=S) groups is 1. The highest BCUT2D eigenvalue weighted by atomic mass is 32.1. The van der Waals surface area contributed by atoms with Gasteiger partial charge in [-0.05, 0) is 36.5 Å². The molecule has 1 aromatic carbocycles. The van der Waals surface area contributed by atoms with Crippen molar-refractivity contribution >= 4 is 45.2 Å². The quantitative estimate of drug-likeness (QED) is 0.708. The van der Waals surface area contributed by atoms with Crippen LogP contribution in [0.25, 0.3) is 15.5 Å². The van der Waals surface area contributed by atoms with Crippen LogP contribution in [0.15, 0.2) is 30.6 Å². The number of aromatic nitrogens is 4. The molecule has 118 valence electrons. The summed E-state index contributed by atoms with van der Waals surface area (Å²) < 4.78 is 1.64. The summed E-state index contributed by atoms with van der Waals surface area (Å²) >= 11 is 6.58. The third-order valence-electron chi connectivity index (χ3n) is 3.04. The molecule has 3 rings (SSSR count). The molecule has 0 unspecified atom stereocenters. The number of carbonyl (C=O) groups is 1. The second-order valence-electron chi connectivity index (χ2n) is 5.14. The monoisotopic (exact) mass is 346 g/mol. The minimum atomic E-state index is -0.115. The zero-order chi connectivity index (χ0) is 16.4. The third kappa shape index (κ3) is 3.51. The smallest absolute Gasteiger partial charge is 0.234 e. The molecular formula is C14H14N6OS2. The van der Waals surface area contributed by atoms with Crippen LogP contribution < -0.4 is 10.6 Å². The fourth-order valence-corrected chi connectivity index (χ4v) is 2.83. The van der Waals surface area contributed by atoms with Crippen molar-refractivity contribution < 1.29 is 4.79 Å². The first-order valence-electron chi connectivity index (χ1n) is 6.92. The van der Waals surface area contributed by atoms with Crippen LogP contribution in [0.3, 0.4) is 0 Å². The van der Waals surface area contributed by atoms with Gasteiger partial charge in [-0.25, -0.2) is 0 Å². The van der Waals surface area contributed by atoms with Crippen LogP contribution in [0.5, 0.6) is 0 Å². The maximum Gasteiger partial charge on any atom is 0.234 e. The predicted octanol–water partition coefficient (Wildman–Crippen LogP) is 2.32. The topological polar surface area (TPSA) is 84.2 Å². The highest BCUT2D eigenvalue weighted by molar-refractivity contribution is 7.80. The number of fused-ring (bicyclic) bond motifs is 1.